The van der Waals surface area contributed by atoms with Crippen molar-refractivity contribution in [2.45, 2.75) is 45.1 Å². The maximum absolute atomic E-state index is 5.15. The lowest BCUT2D eigenvalue weighted by atomic mass is 9.95. The Labute approximate surface area is 101 Å². The summed E-state index contributed by atoms with van der Waals surface area (Å²) in [7, 11) is 0. The molecule has 0 bridgehead atoms. The summed E-state index contributed by atoms with van der Waals surface area (Å²) in [6.07, 6.45) is 6.65. The Bertz CT molecular complexity index is 145. The molecule has 6 heteroatoms. The summed E-state index contributed by atoms with van der Waals surface area (Å²) < 4.78 is 11.9. The molecule has 84 valence electrons. The second-order valence-corrected chi connectivity index (χ2v) is 5.21. The third kappa shape index (κ3) is 4.63. The van der Waals surface area contributed by atoms with Gasteiger partial charge < -0.3 is 0 Å². The molecule has 0 saturated heterocycles. The first-order chi connectivity index (χ1) is 6.88. The van der Waals surface area contributed by atoms with Gasteiger partial charge in [0, 0.05) is 12.6 Å². The van der Waals surface area contributed by atoms with E-state index in [0.29, 0.717) is 6.04 Å². The minimum atomic E-state index is 0.666. The van der Waals surface area contributed by atoms with Crippen molar-refractivity contribution in [3.05, 3.63) is 0 Å². The van der Waals surface area contributed by atoms with E-state index in [1.54, 1.807) is 0 Å². The van der Waals surface area contributed by atoms with Crippen LogP contribution in [0.4, 0.5) is 0 Å². The molecule has 0 heterocycles. The van der Waals surface area contributed by atoms with E-state index in [2.05, 4.69) is 27.8 Å². The van der Waals surface area contributed by atoms with Crippen molar-refractivity contribution in [2.24, 2.45) is 0 Å². The van der Waals surface area contributed by atoms with Gasteiger partial charge in [-0.1, -0.05) is 26.2 Å². The quantitative estimate of drug-likeness (QED) is 0.337. The van der Waals surface area contributed by atoms with Crippen LogP contribution in [0.2, 0.25) is 0 Å². The summed E-state index contributed by atoms with van der Waals surface area (Å²) in [5.74, 6) is 0. The van der Waals surface area contributed by atoms with E-state index in [1.165, 1.54) is 44.3 Å². The molecule has 1 saturated carbocycles. The minimum Gasteiger partial charge on any atom is -0.223 e. The summed E-state index contributed by atoms with van der Waals surface area (Å²) in [4.78, 5) is 0. The Morgan fingerprint density at radius 3 is 2.64 bits per heavy atom. The molecule has 14 heavy (non-hydrogen) atoms. The van der Waals surface area contributed by atoms with Crippen LogP contribution < -0.4 is 0 Å². The van der Waals surface area contributed by atoms with Gasteiger partial charge in [-0.15, -0.1) is 0 Å². The van der Waals surface area contributed by atoms with Crippen molar-refractivity contribution in [3.63, 3.8) is 0 Å². The molecule has 0 spiro atoms. The summed E-state index contributed by atoms with van der Waals surface area (Å²) in [5.41, 5.74) is 0. The fraction of sp³-hybridized carbons (Fsp3) is 1.00. The van der Waals surface area contributed by atoms with Crippen LogP contribution in [0.25, 0.3) is 0 Å². The molecule has 0 aromatic carbocycles. The van der Waals surface area contributed by atoms with Crippen molar-refractivity contribution >= 4 is 37.5 Å². The van der Waals surface area contributed by atoms with Crippen LogP contribution >= 0.6 is 37.5 Å². The zero-order valence-electron chi connectivity index (χ0n) is 8.35. The second-order valence-electron chi connectivity index (χ2n) is 3.31. The highest BCUT2D eigenvalue weighted by Crippen LogP contribution is 2.29. The Hall–Kier alpha value is 0.930. The molecule has 3 nitrogen and oxygen atoms in total. The first kappa shape index (κ1) is 13.0. The lowest BCUT2D eigenvalue weighted by Crippen LogP contribution is -2.31. The van der Waals surface area contributed by atoms with Crippen LogP contribution in [0.1, 0.15) is 39.0 Å². The summed E-state index contributed by atoms with van der Waals surface area (Å²) in [5, 5.41) is 0. The first-order valence-electron chi connectivity index (χ1n) is 4.96. The number of thiol groups is 1. The molecular weight excluding hydrogens is 238 g/mol. The number of hydrogen-bond acceptors (Lipinski definition) is 6. The van der Waals surface area contributed by atoms with E-state index in [-0.39, 0.29) is 0 Å². The minimum absolute atomic E-state index is 0.666. The summed E-state index contributed by atoms with van der Waals surface area (Å²) in [6.45, 7) is 3.15. The molecule has 0 aliphatic heterocycles. The molecule has 0 N–H and O–H groups in total. The third-order valence-electron chi connectivity index (χ3n) is 2.48. The van der Waals surface area contributed by atoms with Crippen molar-refractivity contribution in [2.75, 3.05) is 6.54 Å². The average Bonchev–Trinajstić information content (AvgIpc) is 2.26. The highest BCUT2D eigenvalue weighted by atomic mass is 32.3. The molecule has 1 fully saturated rings. The van der Waals surface area contributed by atoms with Gasteiger partial charge in [0.05, 0.1) is 12.2 Å². The zero-order chi connectivity index (χ0) is 10.2. The van der Waals surface area contributed by atoms with Crippen molar-refractivity contribution < 1.29 is 7.26 Å². The standard InChI is InChI=1S/C8H17NO2S3/c1-2-9(13-11-14-10-12)8-6-4-3-5-7-8/h8,12H,2-7H2,1H3. The van der Waals surface area contributed by atoms with E-state index in [1.807, 2.05) is 0 Å². The molecule has 0 aromatic heterocycles. The topological polar surface area (TPSA) is 21.7 Å². The third-order valence-corrected chi connectivity index (χ3v) is 3.93. The highest BCUT2D eigenvalue weighted by molar-refractivity contribution is 8.07. The molecule has 0 radical (unpaired) electrons. The van der Waals surface area contributed by atoms with Gasteiger partial charge in [-0.05, 0) is 25.8 Å². The smallest absolute Gasteiger partial charge is 0.185 e. The van der Waals surface area contributed by atoms with Gasteiger partial charge in [0.2, 0.25) is 0 Å². The van der Waals surface area contributed by atoms with E-state index in [9.17, 15) is 0 Å². The fourth-order valence-electron chi connectivity index (χ4n) is 1.80. The van der Waals surface area contributed by atoms with Crippen LogP contribution in [0.5, 0.6) is 0 Å². The van der Waals surface area contributed by atoms with Crippen LogP contribution in [0.15, 0.2) is 0 Å². The maximum Gasteiger partial charge on any atom is 0.185 e. The van der Waals surface area contributed by atoms with Gasteiger partial charge in [-0.2, -0.15) is 0 Å². The van der Waals surface area contributed by atoms with E-state index in [0.717, 1.165) is 18.9 Å². The normalized spacial score (nSPS) is 19.1. The van der Waals surface area contributed by atoms with Gasteiger partial charge in [0.1, 0.15) is 0 Å². The van der Waals surface area contributed by atoms with Gasteiger partial charge in [0.15, 0.2) is 12.3 Å². The Balaban J connectivity index is 2.21. The molecule has 1 aliphatic carbocycles. The number of hydrogen-bond donors (Lipinski definition) is 1. The Morgan fingerprint density at radius 1 is 1.36 bits per heavy atom. The maximum atomic E-state index is 5.15. The van der Waals surface area contributed by atoms with Crippen molar-refractivity contribution in [1.82, 2.24) is 4.31 Å². The van der Waals surface area contributed by atoms with Crippen LogP contribution in [-0.4, -0.2) is 16.9 Å². The van der Waals surface area contributed by atoms with E-state index in [4.69, 9.17) is 3.63 Å². The van der Waals surface area contributed by atoms with Crippen molar-refractivity contribution in [1.29, 1.82) is 0 Å². The average molecular weight is 255 g/mol. The summed E-state index contributed by atoms with van der Waals surface area (Å²) in [6, 6.07) is 0.666. The van der Waals surface area contributed by atoms with Gasteiger partial charge in [-0.25, -0.2) is 11.6 Å². The first-order valence-corrected chi connectivity index (χ1v) is 6.69. The number of nitrogens with zero attached hydrogens (tertiary/aromatic N) is 1. The van der Waals surface area contributed by atoms with Gasteiger partial charge >= 0.3 is 0 Å². The fourth-order valence-corrected chi connectivity index (χ4v) is 2.98. The molecule has 0 amide bonds. The zero-order valence-corrected chi connectivity index (χ0v) is 10.9. The summed E-state index contributed by atoms with van der Waals surface area (Å²) >= 11 is 5.86. The molecule has 1 aliphatic rings. The SMILES string of the molecule is CCN(SOSOS)C1CCCCC1. The predicted octanol–water partition coefficient (Wildman–Crippen LogP) is 3.65. The van der Waals surface area contributed by atoms with Gasteiger partial charge in [-0.3, -0.25) is 0 Å². The molecule has 0 unspecified atom stereocenters. The molecule has 0 atom stereocenters. The van der Waals surface area contributed by atoms with Gasteiger partial charge in [0.25, 0.3) is 0 Å². The molecule has 1 rings (SSSR count). The predicted molar refractivity (Wildman–Crippen MR) is 65.6 cm³/mol. The highest BCUT2D eigenvalue weighted by Gasteiger charge is 2.20. The lowest BCUT2D eigenvalue weighted by molar-refractivity contribution is 0.273. The van der Waals surface area contributed by atoms with Crippen LogP contribution in [0, 0.1) is 0 Å². The van der Waals surface area contributed by atoms with Crippen LogP contribution in [0.3, 0.4) is 0 Å². The molecule has 0 aromatic rings. The van der Waals surface area contributed by atoms with E-state index < -0.39 is 0 Å². The van der Waals surface area contributed by atoms with Crippen molar-refractivity contribution in [3.8, 4) is 0 Å². The Morgan fingerprint density at radius 2 is 2.07 bits per heavy atom. The monoisotopic (exact) mass is 255 g/mol. The Kier molecular flexibility index (Phi) is 7.54. The van der Waals surface area contributed by atoms with E-state index >= 15 is 0 Å². The molecular formula is C8H17NO2S3. The largest absolute Gasteiger partial charge is 0.223 e. The second kappa shape index (κ2) is 8.13. The number of rotatable bonds is 6. The lowest BCUT2D eigenvalue weighted by Gasteiger charge is -2.30. The van der Waals surface area contributed by atoms with Crippen LogP contribution in [-0.2, 0) is 7.26 Å².